The second-order valence-corrected chi connectivity index (χ2v) is 6.53. The summed E-state index contributed by atoms with van der Waals surface area (Å²) in [7, 11) is 1.17. The number of likely N-dealkylation sites (tertiary alicyclic amines) is 1. The molecule has 1 fully saturated rings. The number of Topliss-reactive ketones (excluding diaryl/α,β-unsaturated/α-hetero) is 1. The lowest BCUT2D eigenvalue weighted by Crippen LogP contribution is -2.35. The summed E-state index contributed by atoms with van der Waals surface area (Å²) in [5, 5.41) is 20.9. The van der Waals surface area contributed by atoms with E-state index in [1.165, 1.54) is 25.3 Å². The van der Waals surface area contributed by atoms with Gasteiger partial charge in [-0.15, -0.1) is 0 Å². The first kappa shape index (κ1) is 20.9. The van der Waals surface area contributed by atoms with Crippen molar-refractivity contribution in [1.82, 2.24) is 4.90 Å². The number of amides is 1. The number of carbonyl (C=O) groups is 3. The fourth-order valence-corrected chi connectivity index (χ4v) is 3.32. The minimum atomic E-state index is -1.07. The Morgan fingerprint density at radius 3 is 2.47 bits per heavy atom. The number of methoxy groups -OCH3 is 1. The van der Waals surface area contributed by atoms with Crippen LogP contribution in [0.4, 0.5) is 0 Å². The number of ether oxygens (including phenoxy) is 2. The first-order valence-electron chi connectivity index (χ1n) is 9.25. The molecule has 2 N–H and O–H groups in total. The van der Waals surface area contributed by atoms with E-state index in [2.05, 4.69) is 4.74 Å². The van der Waals surface area contributed by atoms with Crippen molar-refractivity contribution < 1.29 is 34.1 Å². The molecule has 0 radical (unpaired) electrons. The van der Waals surface area contributed by atoms with Gasteiger partial charge in [0.25, 0.3) is 11.7 Å². The highest BCUT2D eigenvalue weighted by Crippen LogP contribution is 2.41. The number of rotatable bonds is 6. The van der Waals surface area contributed by atoms with Crippen molar-refractivity contribution >= 4 is 23.4 Å². The molecule has 156 valence electrons. The van der Waals surface area contributed by atoms with Gasteiger partial charge in [0.1, 0.15) is 12.3 Å². The van der Waals surface area contributed by atoms with Crippen LogP contribution in [0.3, 0.4) is 0 Å². The van der Waals surface area contributed by atoms with Crippen LogP contribution >= 0.6 is 0 Å². The Balaban J connectivity index is 2.20. The number of esters is 1. The monoisotopic (exact) mass is 411 g/mol. The van der Waals surface area contributed by atoms with E-state index >= 15 is 0 Å². The minimum absolute atomic E-state index is 0.117. The third kappa shape index (κ3) is 3.84. The molecule has 1 unspecified atom stereocenters. The zero-order chi connectivity index (χ0) is 21.8. The lowest BCUT2D eigenvalue weighted by Gasteiger charge is -2.24. The zero-order valence-corrected chi connectivity index (χ0v) is 16.5. The summed E-state index contributed by atoms with van der Waals surface area (Å²) < 4.78 is 10.1. The normalized spacial score (nSPS) is 17.8. The smallest absolute Gasteiger partial charge is 0.325 e. The van der Waals surface area contributed by atoms with Crippen LogP contribution in [0.2, 0.25) is 0 Å². The second-order valence-electron chi connectivity index (χ2n) is 6.53. The summed E-state index contributed by atoms with van der Waals surface area (Å²) in [5.41, 5.74) is 0.572. The lowest BCUT2D eigenvalue weighted by atomic mass is 9.95. The number of benzene rings is 2. The standard InChI is InChI=1S/C22H21NO7/c1-3-30-16-11-14(9-10-15(16)24)19-18(20(26)13-7-5-4-6-8-13)21(27)22(28)23(19)12-17(25)29-2/h4-11,19,24,26H,3,12H2,1-2H3. The Morgan fingerprint density at radius 1 is 1.13 bits per heavy atom. The molecule has 30 heavy (non-hydrogen) atoms. The van der Waals surface area contributed by atoms with Gasteiger partial charge in [-0.05, 0) is 24.6 Å². The van der Waals surface area contributed by atoms with Crippen LogP contribution in [0.15, 0.2) is 54.1 Å². The van der Waals surface area contributed by atoms with E-state index in [0.29, 0.717) is 11.1 Å². The van der Waals surface area contributed by atoms with Crippen molar-refractivity contribution in [2.45, 2.75) is 13.0 Å². The highest BCUT2D eigenvalue weighted by Gasteiger charge is 2.47. The van der Waals surface area contributed by atoms with E-state index in [-0.39, 0.29) is 29.4 Å². The summed E-state index contributed by atoms with van der Waals surface area (Å²) in [5.74, 6) is -2.90. The SMILES string of the molecule is CCOc1cc(C2C(=C(O)c3ccccc3)C(=O)C(=O)N2CC(=O)OC)ccc1O. The fraction of sp³-hybridized carbons (Fsp3) is 0.227. The van der Waals surface area contributed by atoms with Crippen LogP contribution in [-0.4, -0.2) is 53.0 Å². The van der Waals surface area contributed by atoms with Gasteiger partial charge in [-0.3, -0.25) is 14.4 Å². The third-order valence-electron chi connectivity index (χ3n) is 4.71. The fourth-order valence-electron chi connectivity index (χ4n) is 3.32. The minimum Gasteiger partial charge on any atom is -0.507 e. The molecule has 1 heterocycles. The number of hydrogen-bond donors (Lipinski definition) is 2. The van der Waals surface area contributed by atoms with E-state index in [0.717, 1.165) is 4.90 Å². The van der Waals surface area contributed by atoms with Crippen LogP contribution in [0.25, 0.3) is 5.76 Å². The van der Waals surface area contributed by atoms with Crippen molar-refractivity contribution in [3.63, 3.8) is 0 Å². The van der Waals surface area contributed by atoms with Gasteiger partial charge in [0.05, 0.1) is 25.3 Å². The summed E-state index contributed by atoms with van der Waals surface area (Å²) in [6.07, 6.45) is 0. The number of carbonyl (C=O) groups excluding carboxylic acids is 3. The molecule has 2 aromatic rings. The number of phenols is 1. The molecule has 8 heteroatoms. The largest absolute Gasteiger partial charge is 0.507 e. The molecule has 1 aliphatic heterocycles. The average Bonchev–Trinajstić information content (AvgIpc) is 3.00. The topological polar surface area (TPSA) is 113 Å². The van der Waals surface area contributed by atoms with Crippen LogP contribution in [0, 0.1) is 0 Å². The van der Waals surface area contributed by atoms with Crippen molar-refractivity contribution in [2.24, 2.45) is 0 Å². The quantitative estimate of drug-likeness (QED) is 0.325. The summed E-state index contributed by atoms with van der Waals surface area (Å²) in [4.78, 5) is 38.5. The maximum absolute atomic E-state index is 12.8. The van der Waals surface area contributed by atoms with E-state index in [1.54, 1.807) is 37.3 Å². The average molecular weight is 411 g/mol. The molecular formula is C22H21NO7. The molecule has 1 amide bonds. The van der Waals surface area contributed by atoms with Crippen molar-refractivity contribution in [3.05, 3.63) is 65.2 Å². The van der Waals surface area contributed by atoms with Crippen molar-refractivity contribution in [1.29, 1.82) is 0 Å². The van der Waals surface area contributed by atoms with Gasteiger partial charge in [-0.1, -0.05) is 36.4 Å². The first-order valence-corrected chi connectivity index (χ1v) is 9.25. The van der Waals surface area contributed by atoms with Crippen LogP contribution in [0.5, 0.6) is 11.5 Å². The number of hydrogen-bond acceptors (Lipinski definition) is 7. The Kier molecular flexibility index (Phi) is 6.06. The highest BCUT2D eigenvalue weighted by atomic mass is 16.5. The van der Waals surface area contributed by atoms with Gasteiger partial charge < -0.3 is 24.6 Å². The second kappa shape index (κ2) is 8.69. The zero-order valence-electron chi connectivity index (χ0n) is 16.5. The van der Waals surface area contributed by atoms with Crippen LogP contribution in [0.1, 0.15) is 24.1 Å². The Hall–Kier alpha value is -3.81. The number of aromatic hydroxyl groups is 1. The Bertz CT molecular complexity index is 1010. The van der Waals surface area contributed by atoms with E-state index in [4.69, 9.17) is 4.74 Å². The van der Waals surface area contributed by atoms with Gasteiger partial charge >= 0.3 is 5.97 Å². The highest BCUT2D eigenvalue weighted by molar-refractivity contribution is 6.46. The number of ketones is 1. The number of aliphatic hydroxyl groups is 1. The number of phenolic OH excluding ortho intramolecular Hbond substituents is 1. The molecule has 0 saturated carbocycles. The summed E-state index contributed by atoms with van der Waals surface area (Å²) in [6, 6.07) is 11.6. The Labute approximate surface area is 173 Å². The van der Waals surface area contributed by atoms with Crippen molar-refractivity contribution in [3.8, 4) is 11.5 Å². The molecule has 0 bridgehead atoms. The predicted octanol–water partition coefficient (Wildman–Crippen LogP) is 2.39. The van der Waals surface area contributed by atoms with Crippen molar-refractivity contribution in [2.75, 3.05) is 20.3 Å². The number of nitrogens with zero attached hydrogens (tertiary/aromatic N) is 1. The van der Waals surface area contributed by atoms with Gasteiger partial charge in [-0.2, -0.15) is 0 Å². The van der Waals surface area contributed by atoms with E-state index in [1.807, 2.05) is 0 Å². The summed E-state index contributed by atoms with van der Waals surface area (Å²) in [6.45, 7) is 1.54. The van der Waals surface area contributed by atoms with E-state index < -0.39 is 30.2 Å². The lowest BCUT2D eigenvalue weighted by molar-refractivity contribution is -0.148. The third-order valence-corrected chi connectivity index (χ3v) is 4.71. The molecule has 0 aromatic heterocycles. The first-order chi connectivity index (χ1) is 14.4. The van der Waals surface area contributed by atoms with Gasteiger partial charge in [0.15, 0.2) is 11.5 Å². The Morgan fingerprint density at radius 2 is 1.83 bits per heavy atom. The summed E-state index contributed by atoms with van der Waals surface area (Å²) >= 11 is 0. The van der Waals surface area contributed by atoms with Crippen LogP contribution < -0.4 is 4.74 Å². The number of aliphatic hydroxyl groups excluding tert-OH is 1. The molecular weight excluding hydrogens is 390 g/mol. The molecule has 3 rings (SSSR count). The molecule has 0 aliphatic carbocycles. The van der Waals surface area contributed by atoms with Gasteiger partial charge in [0.2, 0.25) is 0 Å². The molecule has 1 saturated heterocycles. The molecule has 1 atom stereocenters. The molecule has 1 aliphatic rings. The van der Waals surface area contributed by atoms with Gasteiger partial charge in [-0.25, -0.2) is 0 Å². The maximum Gasteiger partial charge on any atom is 0.325 e. The predicted molar refractivity (Wildman–Crippen MR) is 107 cm³/mol. The molecule has 2 aromatic carbocycles. The molecule has 0 spiro atoms. The maximum atomic E-state index is 12.8. The van der Waals surface area contributed by atoms with Gasteiger partial charge in [0, 0.05) is 5.56 Å². The van der Waals surface area contributed by atoms with E-state index in [9.17, 15) is 24.6 Å². The van der Waals surface area contributed by atoms with Crippen LogP contribution in [-0.2, 0) is 19.1 Å². The molecule has 8 nitrogen and oxygen atoms in total.